The van der Waals surface area contributed by atoms with Crippen molar-refractivity contribution in [2.75, 3.05) is 11.4 Å². The van der Waals surface area contributed by atoms with Gasteiger partial charge in [-0.3, -0.25) is 9.36 Å². The summed E-state index contributed by atoms with van der Waals surface area (Å²) in [5, 5.41) is 19.8. The number of hydrogen-bond donors (Lipinski definition) is 2. The first-order valence-corrected chi connectivity index (χ1v) is 10.7. The molecule has 8 heteroatoms. The van der Waals surface area contributed by atoms with Crippen molar-refractivity contribution in [1.82, 2.24) is 9.55 Å². The van der Waals surface area contributed by atoms with Gasteiger partial charge in [0.15, 0.2) is 0 Å². The average Bonchev–Trinajstić information content (AvgIpc) is 2.75. The number of aromatic nitrogens is 2. The molecule has 2 aromatic carbocycles. The Morgan fingerprint density at radius 2 is 1.97 bits per heavy atom. The summed E-state index contributed by atoms with van der Waals surface area (Å²) in [6.07, 6.45) is 5.62. The smallest absolute Gasteiger partial charge is 0.335 e. The molecule has 0 amide bonds. The van der Waals surface area contributed by atoms with E-state index in [-0.39, 0.29) is 30.1 Å². The molecule has 0 saturated carbocycles. The summed E-state index contributed by atoms with van der Waals surface area (Å²) >= 11 is 6.53. The summed E-state index contributed by atoms with van der Waals surface area (Å²) < 4.78 is 1.31. The lowest BCUT2D eigenvalue weighted by atomic mass is 9.83. The maximum atomic E-state index is 12.8. The molecule has 3 rings (SSSR count). The lowest BCUT2D eigenvalue weighted by Crippen LogP contribution is -2.26. The van der Waals surface area contributed by atoms with Crippen molar-refractivity contribution in [3.63, 3.8) is 0 Å². The zero-order valence-corrected chi connectivity index (χ0v) is 19.8. The van der Waals surface area contributed by atoms with E-state index in [1.54, 1.807) is 31.3 Å². The van der Waals surface area contributed by atoms with Crippen LogP contribution in [0.3, 0.4) is 0 Å². The van der Waals surface area contributed by atoms with E-state index in [9.17, 15) is 19.8 Å². The van der Waals surface area contributed by atoms with E-state index in [0.717, 1.165) is 5.69 Å². The summed E-state index contributed by atoms with van der Waals surface area (Å²) in [5.74, 6) is 1.90. The van der Waals surface area contributed by atoms with Crippen molar-refractivity contribution in [1.29, 1.82) is 0 Å². The Bertz CT molecular complexity index is 1330. The fourth-order valence-electron chi connectivity index (χ4n) is 3.74. The number of nitrogens with zero attached hydrogens (tertiary/aromatic N) is 3. The molecule has 3 aromatic rings. The van der Waals surface area contributed by atoms with Crippen molar-refractivity contribution in [2.24, 2.45) is 7.05 Å². The molecule has 0 aliphatic carbocycles. The second kappa shape index (κ2) is 9.26. The maximum Gasteiger partial charge on any atom is 0.335 e. The molecule has 0 aliphatic heterocycles. The fraction of sp³-hybridized carbons (Fsp3) is 0.320. The molecule has 33 heavy (non-hydrogen) atoms. The number of rotatable bonds is 6. The normalized spacial score (nSPS) is 11.4. The van der Waals surface area contributed by atoms with Gasteiger partial charge in [-0.05, 0) is 46.9 Å². The Balaban J connectivity index is 2.11. The minimum Gasteiger partial charge on any atom is -0.478 e. The van der Waals surface area contributed by atoms with Crippen molar-refractivity contribution < 1.29 is 15.0 Å². The molecule has 0 fully saturated rings. The number of hydrogen-bond acceptors (Lipinski definition) is 5. The van der Waals surface area contributed by atoms with Gasteiger partial charge in [-0.1, -0.05) is 38.3 Å². The number of halogens is 1. The van der Waals surface area contributed by atoms with Gasteiger partial charge in [0, 0.05) is 24.3 Å². The zero-order chi connectivity index (χ0) is 24.5. The van der Waals surface area contributed by atoms with Crippen LogP contribution >= 0.6 is 11.6 Å². The third-order valence-electron chi connectivity index (χ3n) is 5.53. The highest BCUT2D eigenvalue weighted by Crippen LogP contribution is 2.32. The van der Waals surface area contributed by atoms with Crippen molar-refractivity contribution >= 4 is 34.2 Å². The van der Waals surface area contributed by atoms with Crippen LogP contribution in [0, 0.1) is 12.3 Å². The third kappa shape index (κ3) is 4.87. The summed E-state index contributed by atoms with van der Waals surface area (Å²) in [5.41, 5.74) is 2.08. The number of anilines is 1. The van der Waals surface area contributed by atoms with Gasteiger partial charge in [-0.15, -0.1) is 6.42 Å². The van der Waals surface area contributed by atoms with E-state index in [2.05, 4.69) is 10.9 Å². The number of carboxylic acids is 1. The number of benzene rings is 2. The average molecular weight is 468 g/mol. The van der Waals surface area contributed by atoms with Crippen LogP contribution in [0.25, 0.3) is 10.9 Å². The molecular weight excluding hydrogens is 442 g/mol. The molecule has 1 aromatic heterocycles. The lowest BCUT2D eigenvalue weighted by molar-refractivity contribution is 0.0694. The molecule has 0 spiro atoms. The summed E-state index contributed by atoms with van der Waals surface area (Å²) in [4.78, 5) is 30.7. The number of aliphatic hydroxyl groups is 1. The van der Waals surface area contributed by atoms with E-state index in [1.165, 1.54) is 4.57 Å². The summed E-state index contributed by atoms with van der Waals surface area (Å²) in [6, 6.07) is 8.44. The van der Waals surface area contributed by atoms with Gasteiger partial charge in [0.2, 0.25) is 0 Å². The molecule has 0 unspecified atom stereocenters. The standard InChI is InChI=1S/C25H26ClN3O4/c1-6-9-29(16-7-8-17(24(32)33)19(11-16)25(2,3)4)13-15-10-18-21(12-20(15)26)27-22(14-30)28(5)23(18)31/h1,7-8,10-12,30H,9,13-14H2,2-5H3,(H,32,33). The number of terminal acetylenes is 1. The van der Waals surface area contributed by atoms with E-state index < -0.39 is 11.4 Å². The van der Waals surface area contributed by atoms with Crippen LogP contribution in [-0.4, -0.2) is 32.3 Å². The number of fused-ring (bicyclic) bond motifs is 1. The minimum atomic E-state index is -0.988. The van der Waals surface area contributed by atoms with Gasteiger partial charge in [0.25, 0.3) is 5.56 Å². The Hall–Kier alpha value is -3.34. The van der Waals surface area contributed by atoms with Crippen molar-refractivity contribution in [2.45, 2.75) is 39.3 Å². The van der Waals surface area contributed by atoms with E-state index in [4.69, 9.17) is 18.0 Å². The minimum absolute atomic E-state index is 0.241. The van der Waals surface area contributed by atoms with Crippen LogP contribution in [0.2, 0.25) is 5.02 Å². The van der Waals surface area contributed by atoms with E-state index >= 15 is 0 Å². The molecule has 0 atom stereocenters. The van der Waals surface area contributed by atoms with Gasteiger partial charge in [0.05, 0.1) is 23.0 Å². The van der Waals surface area contributed by atoms with Gasteiger partial charge in [-0.25, -0.2) is 9.78 Å². The van der Waals surface area contributed by atoms with E-state index in [0.29, 0.717) is 33.6 Å². The van der Waals surface area contributed by atoms with Crippen LogP contribution in [0.5, 0.6) is 0 Å². The Morgan fingerprint density at radius 1 is 1.27 bits per heavy atom. The quantitative estimate of drug-likeness (QED) is 0.536. The number of carboxylic acid groups (broad SMARTS) is 1. The van der Waals surface area contributed by atoms with Crippen molar-refractivity contribution in [3.05, 3.63) is 68.2 Å². The van der Waals surface area contributed by atoms with Crippen molar-refractivity contribution in [3.8, 4) is 12.3 Å². The fourth-order valence-corrected chi connectivity index (χ4v) is 3.95. The first kappa shape index (κ1) is 24.3. The second-order valence-corrected chi connectivity index (χ2v) is 9.26. The maximum absolute atomic E-state index is 12.8. The molecule has 172 valence electrons. The highest BCUT2D eigenvalue weighted by molar-refractivity contribution is 6.32. The van der Waals surface area contributed by atoms with E-state index in [1.807, 2.05) is 31.7 Å². The molecule has 0 bridgehead atoms. The largest absolute Gasteiger partial charge is 0.478 e. The highest BCUT2D eigenvalue weighted by atomic mass is 35.5. The first-order chi connectivity index (χ1) is 15.5. The summed E-state index contributed by atoms with van der Waals surface area (Å²) in [7, 11) is 1.55. The van der Waals surface area contributed by atoms with Gasteiger partial charge in [0.1, 0.15) is 12.4 Å². The molecule has 0 saturated heterocycles. The predicted molar refractivity (Wildman–Crippen MR) is 130 cm³/mol. The lowest BCUT2D eigenvalue weighted by Gasteiger charge is -2.27. The highest BCUT2D eigenvalue weighted by Gasteiger charge is 2.23. The third-order valence-corrected chi connectivity index (χ3v) is 5.88. The SMILES string of the molecule is C#CCN(Cc1cc2c(=O)n(C)c(CO)nc2cc1Cl)c1ccc(C(=O)O)c(C(C)(C)C)c1. The van der Waals surface area contributed by atoms with Gasteiger partial charge < -0.3 is 15.1 Å². The number of carbonyl (C=O) groups is 1. The van der Waals surface area contributed by atoms with Crippen LogP contribution in [0.1, 0.15) is 48.1 Å². The predicted octanol–water partition coefficient (Wildman–Crippen LogP) is 3.71. The Kier molecular flexibility index (Phi) is 6.82. The number of aliphatic hydroxyl groups excluding tert-OH is 1. The summed E-state index contributed by atoms with van der Waals surface area (Å²) in [6.45, 7) is 6.05. The van der Waals surface area contributed by atoms with Crippen LogP contribution in [-0.2, 0) is 25.6 Å². The zero-order valence-electron chi connectivity index (χ0n) is 19.0. The molecule has 7 nitrogen and oxygen atoms in total. The molecule has 0 radical (unpaired) electrons. The topological polar surface area (TPSA) is 95.7 Å². The Morgan fingerprint density at radius 3 is 2.55 bits per heavy atom. The molecular formula is C25H26ClN3O4. The molecule has 0 aliphatic rings. The van der Waals surface area contributed by atoms with Crippen LogP contribution < -0.4 is 10.5 Å². The van der Waals surface area contributed by atoms with Gasteiger partial charge >= 0.3 is 5.97 Å². The van der Waals surface area contributed by atoms with Gasteiger partial charge in [-0.2, -0.15) is 0 Å². The Labute approximate surface area is 197 Å². The first-order valence-electron chi connectivity index (χ1n) is 10.3. The molecule has 2 N–H and O–H groups in total. The molecule has 1 heterocycles. The van der Waals surface area contributed by atoms with Crippen LogP contribution in [0.4, 0.5) is 5.69 Å². The second-order valence-electron chi connectivity index (χ2n) is 8.86. The monoisotopic (exact) mass is 467 g/mol. The van der Waals surface area contributed by atoms with Crippen LogP contribution in [0.15, 0.2) is 35.1 Å². The number of aromatic carboxylic acids is 1.